The van der Waals surface area contributed by atoms with Crippen LogP contribution < -0.4 is 5.32 Å². The normalized spacial score (nSPS) is 17.1. The third-order valence-electron chi connectivity index (χ3n) is 3.97. The van der Waals surface area contributed by atoms with E-state index in [4.69, 9.17) is 4.52 Å². The van der Waals surface area contributed by atoms with Gasteiger partial charge in [0.05, 0.1) is 5.54 Å². The van der Waals surface area contributed by atoms with E-state index >= 15 is 0 Å². The lowest BCUT2D eigenvalue weighted by molar-refractivity contribution is 0.0925. The number of piperazine rings is 1. The highest BCUT2D eigenvalue weighted by Gasteiger charge is 2.34. The topological polar surface area (TPSA) is 54.2 Å². The second-order valence-electron chi connectivity index (χ2n) is 5.73. The van der Waals surface area contributed by atoms with Gasteiger partial charge in [-0.15, -0.1) is 0 Å². The molecule has 0 saturated carbocycles. The predicted octanol–water partition coefficient (Wildman–Crippen LogP) is 2.48. The zero-order valence-corrected chi connectivity index (χ0v) is 14.4. The number of nitrogens with one attached hydrogen (secondary N) is 1. The Morgan fingerprint density at radius 1 is 1.19 bits per heavy atom. The summed E-state index contributed by atoms with van der Waals surface area (Å²) in [5, 5.41) is 7.58. The first-order valence-electron chi connectivity index (χ1n) is 7.13. The Hall–Kier alpha value is -0.990. The molecular weight excluding hydrogens is 379 g/mol. The molecule has 1 aromatic carbocycles. The smallest absolute Gasteiger partial charge is 0.257 e. The van der Waals surface area contributed by atoms with Crippen molar-refractivity contribution in [2.24, 2.45) is 0 Å². The Morgan fingerprint density at radius 2 is 1.86 bits per heavy atom. The fourth-order valence-electron chi connectivity index (χ4n) is 2.55. The van der Waals surface area contributed by atoms with E-state index in [1.54, 1.807) is 0 Å². The lowest BCUT2D eigenvalue weighted by Gasteiger charge is -2.38. The fraction of sp³-hybridized carbons (Fsp3) is 0.467. The molecule has 112 valence electrons. The molecule has 3 rings (SSSR count). The Morgan fingerprint density at radius 3 is 2.52 bits per heavy atom. The molecular formula is C15H19IN4O. The number of aromatic nitrogens is 2. The van der Waals surface area contributed by atoms with Crippen LogP contribution in [0.1, 0.15) is 19.7 Å². The molecule has 2 heterocycles. The van der Waals surface area contributed by atoms with Gasteiger partial charge >= 0.3 is 0 Å². The summed E-state index contributed by atoms with van der Waals surface area (Å²) >= 11 is 2.28. The summed E-state index contributed by atoms with van der Waals surface area (Å²) in [4.78, 5) is 7.01. The molecule has 0 spiro atoms. The minimum absolute atomic E-state index is 0.215. The van der Waals surface area contributed by atoms with E-state index in [1.165, 1.54) is 3.57 Å². The van der Waals surface area contributed by atoms with Crippen molar-refractivity contribution in [2.75, 3.05) is 26.2 Å². The van der Waals surface area contributed by atoms with E-state index in [0.29, 0.717) is 5.89 Å². The quantitative estimate of drug-likeness (QED) is 0.806. The van der Waals surface area contributed by atoms with Gasteiger partial charge in [0, 0.05) is 35.3 Å². The lowest BCUT2D eigenvalue weighted by atomic mass is 10.0. The molecule has 1 aromatic heterocycles. The predicted molar refractivity (Wildman–Crippen MR) is 89.9 cm³/mol. The van der Waals surface area contributed by atoms with Gasteiger partial charge in [0.25, 0.3) is 5.89 Å². The third kappa shape index (κ3) is 3.12. The van der Waals surface area contributed by atoms with E-state index in [2.05, 4.69) is 56.8 Å². The molecule has 1 aliphatic rings. The summed E-state index contributed by atoms with van der Waals surface area (Å²) in [5.41, 5.74) is 0.748. The Bertz CT molecular complexity index is 602. The van der Waals surface area contributed by atoms with Crippen molar-refractivity contribution in [2.45, 2.75) is 19.4 Å². The average Bonchev–Trinajstić information content (AvgIpc) is 2.99. The van der Waals surface area contributed by atoms with Gasteiger partial charge in [-0.2, -0.15) is 4.98 Å². The number of rotatable bonds is 3. The van der Waals surface area contributed by atoms with Gasteiger partial charge in [0.2, 0.25) is 0 Å². The monoisotopic (exact) mass is 398 g/mol. The summed E-state index contributed by atoms with van der Waals surface area (Å²) in [7, 11) is 0. The van der Waals surface area contributed by atoms with Gasteiger partial charge in [0.15, 0.2) is 5.82 Å². The van der Waals surface area contributed by atoms with Crippen molar-refractivity contribution < 1.29 is 4.52 Å². The summed E-state index contributed by atoms with van der Waals surface area (Å²) in [6, 6.07) is 8.11. The van der Waals surface area contributed by atoms with Crippen molar-refractivity contribution in [1.29, 1.82) is 0 Å². The molecule has 0 aliphatic carbocycles. The van der Waals surface area contributed by atoms with Crippen LogP contribution in [0.15, 0.2) is 28.8 Å². The van der Waals surface area contributed by atoms with Gasteiger partial charge in [0.1, 0.15) is 0 Å². The van der Waals surface area contributed by atoms with Crippen molar-refractivity contribution in [3.63, 3.8) is 0 Å². The molecule has 1 fully saturated rings. The van der Waals surface area contributed by atoms with Gasteiger partial charge in [-0.1, -0.05) is 5.16 Å². The zero-order chi connectivity index (χ0) is 14.9. The summed E-state index contributed by atoms with van der Waals surface area (Å²) in [6.45, 7) is 8.32. The number of hydrogen-bond acceptors (Lipinski definition) is 5. The summed E-state index contributed by atoms with van der Waals surface area (Å²) < 4.78 is 6.65. The van der Waals surface area contributed by atoms with Gasteiger partial charge in [-0.05, 0) is 60.7 Å². The maximum absolute atomic E-state index is 5.46. The second-order valence-corrected chi connectivity index (χ2v) is 6.97. The van der Waals surface area contributed by atoms with E-state index in [-0.39, 0.29) is 5.54 Å². The average molecular weight is 398 g/mol. The van der Waals surface area contributed by atoms with Crippen LogP contribution in [0.2, 0.25) is 0 Å². The van der Waals surface area contributed by atoms with Crippen LogP contribution in [0, 0.1) is 3.57 Å². The molecule has 0 radical (unpaired) electrons. The second kappa shape index (κ2) is 6.02. The maximum Gasteiger partial charge on any atom is 0.257 e. The highest BCUT2D eigenvalue weighted by molar-refractivity contribution is 14.1. The highest BCUT2D eigenvalue weighted by atomic mass is 127. The summed E-state index contributed by atoms with van der Waals surface area (Å²) in [6.07, 6.45) is 0. The first-order chi connectivity index (χ1) is 10.1. The number of benzene rings is 1. The van der Waals surface area contributed by atoms with Crippen molar-refractivity contribution >= 4 is 22.6 Å². The number of hydrogen-bond donors (Lipinski definition) is 1. The van der Waals surface area contributed by atoms with Crippen LogP contribution >= 0.6 is 22.6 Å². The van der Waals surface area contributed by atoms with E-state index in [1.807, 2.05) is 24.3 Å². The van der Waals surface area contributed by atoms with Crippen molar-refractivity contribution in [3.8, 4) is 11.5 Å². The first-order valence-corrected chi connectivity index (χ1v) is 8.21. The molecule has 0 atom stereocenters. The van der Waals surface area contributed by atoms with Gasteiger partial charge in [-0.25, -0.2) is 0 Å². The Labute approximate surface area is 138 Å². The minimum atomic E-state index is -0.215. The Balaban J connectivity index is 1.84. The first kappa shape index (κ1) is 14.9. The zero-order valence-electron chi connectivity index (χ0n) is 12.3. The van der Waals surface area contributed by atoms with Crippen LogP contribution in [0.5, 0.6) is 0 Å². The summed E-state index contributed by atoms with van der Waals surface area (Å²) in [5.74, 6) is 1.34. The molecule has 1 saturated heterocycles. The SMILES string of the molecule is CC(C)(c1noc(-c2ccc(I)cc2)n1)N1CCNCC1. The minimum Gasteiger partial charge on any atom is -0.334 e. The molecule has 1 N–H and O–H groups in total. The van der Waals surface area contributed by atoms with Crippen LogP contribution in [-0.4, -0.2) is 41.2 Å². The molecule has 6 heteroatoms. The van der Waals surface area contributed by atoms with Gasteiger partial charge < -0.3 is 9.84 Å². The molecule has 0 bridgehead atoms. The van der Waals surface area contributed by atoms with Crippen LogP contribution in [-0.2, 0) is 5.54 Å². The highest BCUT2D eigenvalue weighted by Crippen LogP contribution is 2.28. The van der Waals surface area contributed by atoms with E-state index in [9.17, 15) is 0 Å². The molecule has 5 nitrogen and oxygen atoms in total. The number of nitrogens with zero attached hydrogens (tertiary/aromatic N) is 3. The standard InChI is InChI=1S/C15H19IN4O/c1-15(2,20-9-7-17-8-10-20)14-18-13(21-19-14)11-3-5-12(16)6-4-11/h3-6,17H,7-10H2,1-2H3. The van der Waals surface area contributed by atoms with Crippen molar-refractivity contribution in [1.82, 2.24) is 20.4 Å². The van der Waals surface area contributed by atoms with E-state index < -0.39 is 0 Å². The molecule has 2 aromatic rings. The van der Waals surface area contributed by atoms with Crippen molar-refractivity contribution in [3.05, 3.63) is 33.7 Å². The fourth-order valence-corrected chi connectivity index (χ4v) is 2.91. The van der Waals surface area contributed by atoms with Crippen LogP contribution in [0.25, 0.3) is 11.5 Å². The lowest BCUT2D eigenvalue weighted by Crippen LogP contribution is -2.52. The Kier molecular flexibility index (Phi) is 4.28. The van der Waals surface area contributed by atoms with Crippen LogP contribution in [0.3, 0.4) is 0 Å². The largest absolute Gasteiger partial charge is 0.334 e. The van der Waals surface area contributed by atoms with Crippen LogP contribution in [0.4, 0.5) is 0 Å². The molecule has 21 heavy (non-hydrogen) atoms. The van der Waals surface area contributed by atoms with E-state index in [0.717, 1.165) is 37.6 Å². The molecule has 0 unspecified atom stereocenters. The maximum atomic E-state index is 5.46. The molecule has 1 aliphatic heterocycles. The third-order valence-corrected chi connectivity index (χ3v) is 4.69. The number of halogens is 1. The van der Waals surface area contributed by atoms with Gasteiger partial charge in [-0.3, -0.25) is 4.90 Å². The molecule has 0 amide bonds.